The molecule has 0 unspecified atom stereocenters. The highest BCUT2D eigenvalue weighted by molar-refractivity contribution is 5.86. The number of carbonyl (C=O) groups excluding carboxylic acids is 2. The van der Waals surface area contributed by atoms with Gasteiger partial charge in [0.1, 0.15) is 0 Å². The molecular formula is C4H7N3O2. The molecule has 0 atom stereocenters. The summed E-state index contributed by atoms with van der Waals surface area (Å²) >= 11 is 0. The lowest BCUT2D eigenvalue weighted by atomic mass is 10.6. The number of urea groups is 1. The molecule has 0 heterocycles. The summed E-state index contributed by atoms with van der Waals surface area (Å²) in [6.45, 7) is 0. The van der Waals surface area contributed by atoms with Gasteiger partial charge in [0.25, 0.3) is 0 Å². The van der Waals surface area contributed by atoms with Crippen LogP contribution in [0.1, 0.15) is 0 Å². The Morgan fingerprint density at radius 2 is 1.89 bits per heavy atom. The van der Waals surface area contributed by atoms with E-state index in [0.29, 0.717) is 0 Å². The molecule has 9 heavy (non-hydrogen) atoms. The van der Waals surface area contributed by atoms with Crippen molar-refractivity contribution in [2.24, 2.45) is 11.5 Å². The summed E-state index contributed by atoms with van der Waals surface area (Å²) in [4.78, 5) is 19.8. The first-order valence-corrected chi connectivity index (χ1v) is 2.15. The van der Waals surface area contributed by atoms with Crippen molar-refractivity contribution in [2.45, 2.75) is 0 Å². The first kappa shape index (κ1) is 7.48. The predicted octanol–water partition coefficient (Wildman–Crippen LogP) is -1.35. The molecule has 3 amide bonds. The molecule has 0 aromatic heterocycles. The molecule has 0 saturated heterocycles. The fraction of sp³-hybridized carbons (Fsp3) is 0. The van der Waals surface area contributed by atoms with Crippen molar-refractivity contribution in [1.29, 1.82) is 0 Å². The molecule has 0 aromatic rings. The minimum absolute atomic E-state index is 0.635. The van der Waals surface area contributed by atoms with E-state index in [9.17, 15) is 9.59 Å². The van der Waals surface area contributed by atoms with Crippen LogP contribution in [0.2, 0.25) is 0 Å². The highest BCUT2D eigenvalue weighted by atomic mass is 16.2. The third-order valence-corrected chi connectivity index (χ3v) is 0.473. The van der Waals surface area contributed by atoms with E-state index in [4.69, 9.17) is 0 Å². The molecule has 0 aromatic carbocycles. The first-order valence-electron chi connectivity index (χ1n) is 2.15. The third-order valence-electron chi connectivity index (χ3n) is 0.473. The van der Waals surface area contributed by atoms with Gasteiger partial charge in [-0.05, 0) is 0 Å². The van der Waals surface area contributed by atoms with Gasteiger partial charge in [-0.3, -0.25) is 4.79 Å². The van der Waals surface area contributed by atoms with Crippen LogP contribution < -0.4 is 16.8 Å². The van der Waals surface area contributed by atoms with Crippen molar-refractivity contribution in [3.05, 3.63) is 12.3 Å². The van der Waals surface area contributed by atoms with E-state index in [0.717, 1.165) is 12.3 Å². The number of nitrogens with one attached hydrogen (secondary N) is 1. The molecule has 0 aliphatic rings. The highest BCUT2D eigenvalue weighted by Gasteiger charge is 1.83. The summed E-state index contributed by atoms with van der Waals surface area (Å²) in [7, 11) is 0. The number of hydrogen-bond acceptors (Lipinski definition) is 2. The molecule has 0 aliphatic heterocycles. The summed E-state index contributed by atoms with van der Waals surface area (Å²) in [5.41, 5.74) is 9.29. The molecule has 0 spiro atoms. The van der Waals surface area contributed by atoms with Gasteiger partial charge in [-0.25, -0.2) is 4.79 Å². The van der Waals surface area contributed by atoms with E-state index in [2.05, 4.69) is 11.5 Å². The topological polar surface area (TPSA) is 98.2 Å². The quantitative estimate of drug-likeness (QED) is 0.402. The van der Waals surface area contributed by atoms with Gasteiger partial charge in [0.2, 0.25) is 5.91 Å². The Bertz CT molecular complexity index is 152. The van der Waals surface area contributed by atoms with Gasteiger partial charge < -0.3 is 16.8 Å². The molecule has 0 radical (unpaired) electrons. The molecular weight excluding hydrogens is 122 g/mol. The van der Waals surface area contributed by atoms with Gasteiger partial charge >= 0.3 is 6.03 Å². The summed E-state index contributed by atoms with van der Waals surface area (Å²) in [5, 5.41) is 2.03. The summed E-state index contributed by atoms with van der Waals surface area (Å²) in [5.74, 6) is -0.635. The number of carbonyl (C=O) groups is 2. The molecule has 5 nitrogen and oxygen atoms in total. The molecule has 0 bridgehead atoms. The maximum atomic E-state index is 9.92. The second-order valence-electron chi connectivity index (χ2n) is 1.24. The molecule has 0 fully saturated rings. The average molecular weight is 129 g/mol. The molecule has 5 N–H and O–H groups in total. The monoisotopic (exact) mass is 129 g/mol. The van der Waals surface area contributed by atoms with Crippen LogP contribution in [0.3, 0.4) is 0 Å². The number of rotatable bonds is 2. The van der Waals surface area contributed by atoms with E-state index in [-0.39, 0.29) is 0 Å². The standard InChI is InChI=1S/C4H7N3O2/c5-3(8)1-2-7-4(6)9/h1-2H,(H2,5,8)(H3,6,7,9)/b2-1+. The van der Waals surface area contributed by atoms with Crippen molar-refractivity contribution < 1.29 is 9.59 Å². The normalized spacial score (nSPS) is 9.33. The predicted molar refractivity (Wildman–Crippen MR) is 31.1 cm³/mol. The SMILES string of the molecule is NC(=O)/C=C/NC(N)=O. The second kappa shape index (κ2) is 3.48. The van der Waals surface area contributed by atoms with Gasteiger partial charge in [-0.1, -0.05) is 0 Å². The zero-order valence-electron chi connectivity index (χ0n) is 4.63. The second-order valence-corrected chi connectivity index (χ2v) is 1.24. The number of amides is 3. The lowest BCUT2D eigenvalue weighted by Crippen LogP contribution is -2.24. The maximum absolute atomic E-state index is 9.92. The molecule has 5 heteroatoms. The fourth-order valence-electron chi connectivity index (χ4n) is 0.206. The summed E-state index contributed by atoms with van der Waals surface area (Å²) < 4.78 is 0. The van der Waals surface area contributed by atoms with Gasteiger partial charge in [-0.15, -0.1) is 0 Å². The molecule has 0 saturated carbocycles. The first-order chi connectivity index (χ1) is 4.13. The Labute approximate surface area is 51.7 Å². The van der Waals surface area contributed by atoms with Crippen LogP contribution in [0.5, 0.6) is 0 Å². The largest absolute Gasteiger partial charge is 0.366 e. The van der Waals surface area contributed by atoms with Gasteiger partial charge in [0, 0.05) is 12.3 Å². The third kappa shape index (κ3) is 6.48. The van der Waals surface area contributed by atoms with Gasteiger partial charge in [0.15, 0.2) is 0 Å². The minimum Gasteiger partial charge on any atom is -0.366 e. The lowest BCUT2D eigenvalue weighted by molar-refractivity contribution is -0.113. The Morgan fingerprint density at radius 1 is 1.33 bits per heavy atom. The zero-order chi connectivity index (χ0) is 7.28. The van der Waals surface area contributed by atoms with Crippen LogP contribution in [-0.2, 0) is 4.79 Å². The highest BCUT2D eigenvalue weighted by Crippen LogP contribution is 1.63. The van der Waals surface area contributed by atoms with Crippen LogP contribution in [0, 0.1) is 0 Å². The summed E-state index contributed by atoms with van der Waals surface area (Å²) in [6.07, 6.45) is 2.06. The number of primary amides is 2. The van der Waals surface area contributed by atoms with Gasteiger partial charge in [0.05, 0.1) is 0 Å². The summed E-state index contributed by atoms with van der Waals surface area (Å²) in [6, 6.07) is -0.729. The van der Waals surface area contributed by atoms with Gasteiger partial charge in [-0.2, -0.15) is 0 Å². The molecule has 50 valence electrons. The van der Waals surface area contributed by atoms with Crippen LogP contribution in [0.15, 0.2) is 12.3 Å². The van der Waals surface area contributed by atoms with Crippen molar-refractivity contribution in [2.75, 3.05) is 0 Å². The lowest BCUT2D eigenvalue weighted by Gasteiger charge is -1.86. The minimum atomic E-state index is -0.729. The van der Waals surface area contributed by atoms with Crippen molar-refractivity contribution in [3.8, 4) is 0 Å². The van der Waals surface area contributed by atoms with Crippen LogP contribution in [-0.4, -0.2) is 11.9 Å². The zero-order valence-corrected chi connectivity index (χ0v) is 4.63. The van der Waals surface area contributed by atoms with E-state index < -0.39 is 11.9 Å². The van der Waals surface area contributed by atoms with Crippen LogP contribution in [0.25, 0.3) is 0 Å². The molecule has 0 rings (SSSR count). The molecule has 0 aliphatic carbocycles. The van der Waals surface area contributed by atoms with Crippen molar-refractivity contribution >= 4 is 11.9 Å². The van der Waals surface area contributed by atoms with Crippen molar-refractivity contribution in [3.63, 3.8) is 0 Å². The smallest absolute Gasteiger partial charge is 0.316 e. The van der Waals surface area contributed by atoms with Crippen molar-refractivity contribution in [1.82, 2.24) is 5.32 Å². The number of hydrogen-bond donors (Lipinski definition) is 3. The Balaban J connectivity index is 3.48. The van der Waals surface area contributed by atoms with E-state index in [1.807, 2.05) is 5.32 Å². The fourth-order valence-corrected chi connectivity index (χ4v) is 0.206. The van der Waals surface area contributed by atoms with E-state index in [1.165, 1.54) is 0 Å². The van der Waals surface area contributed by atoms with E-state index in [1.54, 1.807) is 0 Å². The number of nitrogens with two attached hydrogens (primary N) is 2. The van der Waals surface area contributed by atoms with Crippen LogP contribution >= 0.6 is 0 Å². The van der Waals surface area contributed by atoms with E-state index >= 15 is 0 Å². The van der Waals surface area contributed by atoms with Crippen LogP contribution in [0.4, 0.5) is 4.79 Å². The maximum Gasteiger partial charge on any atom is 0.316 e. The Kier molecular flexibility index (Phi) is 2.89. The average Bonchev–Trinajstić information content (AvgIpc) is 1.63. The Morgan fingerprint density at radius 3 is 2.22 bits per heavy atom. The Hall–Kier alpha value is -1.52.